The van der Waals surface area contributed by atoms with Gasteiger partial charge in [-0.25, -0.2) is 9.82 Å². The van der Waals surface area contributed by atoms with Crippen molar-refractivity contribution in [2.75, 3.05) is 25.7 Å². The molecule has 1 heterocycles. The Kier molecular flexibility index (Phi) is 7.38. The molecule has 0 aliphatic carbocycles. The Morgan fingerprint density at radius 3 is 2.56 bits per heavy atom. The van der Waals surface area contributed by atoms with Crippen LogP contribution >= 0.6 is 0 Å². The maximum atomic E-state index is 14.1. The van der Waals surface area contributed by atoms with Gasteiger partial charge in [-0.3, -0.25) is 4.79 Å². The Bertz CT molecular complexity index is 1310. The summed E-state index contributed by atoms with van der Waals surface area (Å²) in [6, 6.07) is 19.9. The topological polar surface area (TPSA) is 63.2 Å². The first-order valence-electron chi connectivity index (χ1n) is 11.8. The number of hydrogen-bond donors (Lipinski definition) is 1. The van der Waals surface area contributed by atoms with Gasteiger partial charge >= 0.3 is 0 Å². The average molecular weight is 488 g/mol. The van der Waals surface area contributed by atoms with Crippen LogP contribution in [-0.4, -0.2) is 32.9 Å². The highest BCUT2D eigenvalue weighted by Gasteiger charge is 2.43. The number of hydrazone groups is 1. The number of halogens is 1. The number of rotatable bonds is 8. The van der Waals surface area contributed by atoms with Crippen LogP contribution in [0.2, 0.25) is 0 Å². The molecule has 1 unspecified atom stereocenters. The molecule has 1 atom stereocenters. The zero-order valence-corrected chi connectivity index (χ0v) is 20.9. The normalized spacial score (nSPS) is 17.9. The predicted octanol–water partition coefficient (Wildman–Crippen LogP) is 5.48. The Morgan fingerprint density at radius 2 is 1.86 bits per heavy atom. The maximum absolute atomic E-state index is 14.1. The van der Waals surface area contributed by atoms with E-state index in [4.69, 9.17) is 9.47 Å². The van der Waals surface area contributed by atoms with Crippen molar-refractivity contribution in [1.82, 2.24) is 5.43 Å². The molecule has 3 aromatic carbocycles. The summed E-state index contributed by atoms with van der Waals surface area (Å²) in [5.41, 5.74) is 6.75. The number of nitrogens with one attached hydrogen (secondary N) is 1. The number of benzene rings is 3. The summed E-state index contributed by atoms with van der Waals surface area (Å²) >= 11 is 0. The Labute approximate surface area is 211 Å². The second-order valence-electron chi connectivity index (χ2n) is 8.74. The molecule has 0 aromatic heterocycles. The number of carbonyl (C=O) groups is 1. The lowest BCUT2D eigenvalue weighted by molar-refractivity contribution is 0.0955. The highest BCUT2D eigenvalue weighted by Crippen LogP contribution is 2.50. The molecule has 4 rings (SSSR count). The highest BCUT2D eigenvalue weighted by molar-refractivity contribution is 5.94. The molecular weight excluding hydrogens is 457 g/mol. The van der Waals surface area contributed by atoms with Crippen LogP contribution < -0.4 is 19.8 Å². The van der Waals surface area contributed by atoms with Crippen LogP contribution in [0.4, 0.5) is 10.1 Å². The van der Waals surface area contributed by atoms with Crippen LogP contribution in [0.5, 0.6) is 11.5 Å². The van der Waals surface area contributed by atoms with E-state index in [0.717, 1.165) is 34.8 Å². The first-order valence-corrected chi connectivity index (χ1v) is 11.8. The maximum Gasteiger partial charge on any atom is 0.271 e. The molecule has 36 heavy (non-hydrogen) atoms. The van der Waals surface area contributed by atoms with Gasteiger partial charge in [-0.1, -0.05) is 24.3 Å². The van der Waals surface area contributed by atoms with Crippen LogP contribution in [-0.2, 0) is 11.8 Å². The second kappa shape index (κ2) is 10.6. The van der Waals surface area contributed by atoms with E-state index in [0.29, 0.717) is 12.0 Å². The summed E-state index contributed by atoms with van der Waals surface area (Å²) in [4.78, 5) is 14.6. The minimum Gasteiger partial charge on any atom is -0.497 e. The summed E-state index contributed by atoms with van der Waals surface area (Å²) in [6.07, 6.45) is 4.11. The fourth-order valence-corrected chi connectivity index (χ4v) is 4.77. The van der Waals surface area contributed by atoms with E-state index in [9.17, 15) is 9.18 Å². The molecule has 0 saturated heterocycles. The van der Waals surface area contributed by atoms with Gasteiger partial charge in [-0.05, 0) is 79.9 Å². The van der Waals surface area contributed by atoms with Crippen molar-refractivity contribution >= 4 is 17.8 Å². The van der Waals surface area contributed by atoms with Crippen LogP contribution in [0.1, 0.15) is 35.3 Å². The Balaban J connectivity index is 1.71. The number of carbonyl (C=O) groups excluding carboxylic acids is 1. The van der Waals surface area contributed by atoms with Crippen molar-refractivity contribution in [1.29, 1.82) is 0 Å². The summed E-state index contributed by atoms with van der Waals surface area (Å²) < 4.78 is 24.8. The Morgan fingerprint density at radius 1 is 1.08 bits per heavy atom. The van der Waals surface area contributed by atoms with Crippen molar-refractivity contribution < 1.29 is 18.7 Å². The van der Waals surface area contributed by atoms with Crippen molar-refractivity contribution in [2.24, 2.45) is 5.10 Å². The number of nitrogens with zero attached hydrogens (tertiary/aromatic N) is 2. The predicted molar refractivity (Wildman–Crippen MR) is 141 cm³/mol. The largest absolute Gasteiger partial charge is 0.497 e. The lowest BCUT2D eigenvalue weighted by Gasteiger charge is -2.30. The number of hydrogen-bond acceptors (Lipinski definition) is 5. The van der Waals surface area contributed by atoms with Crippen molar-refractivity contribution in [3.05, 3.63) is 101 Å². The van der Waals surface area contributed by atoms with Gasteiger partial charge < -0.3 is 14.4 Å². The van der Waals surface area contributed by atoms with Gasteiger partial charge in [0.25, 0.3) is 5.91 Å². The minimum atomic E-state index is -0.474. The van der Waals surface area contributed by atoms with Gasteiger partial charge in [0.1, 0.15) is 5.75 Å². The van der Waals surface area contributed by atoms with E-state index in [1.165, 1.54) is 13.2 Å². The molecule has 0 fully saturated rings. The minimum absolute atomic E-state index is 0.211. The van der Waals surface area contributed by atoms with Crippen LogP contribution in [0, 0.1) is 5.82 Å². The molecule has 0 spiro atoms. The Hall–Kier alpha value is -4.13. The van der Waals surface area contributed by atoms with E-state index in [2.05, 4.69) is 35.3 Å². The third kappa shape index (κ3) is 4.82. The lowest BCUT2D eigenvalue weighted by Crippen LogP contribution is -2.31. The molecule has 3 aromatic rings. The summed E-state index contributed by atoms with van der Waals surface area (Å²) in [6.45, 7) is 4.97. The molecule has 186 valence electrons. The van der Waals surface area contributed by atoms with E-state index in [1.807, 2.05) is 24.3 Å². The lowest BCUT2D eigenvalue weighted by atomic mass is 9.76. The second-order valence-corrected chi connectivity index (χ2v) is 8.74. The molecule has 1 aliphatic heterocycles. The van der Waals surface area contributed by atoms with Crippen LogP contribution in [0.3, 0.4) is 0 Å². The average Bonchev–Trinajstić information content (AvgIpc) is 3.14. The first-order chi connectivity index (χ1) is 17.4. The molecule has 0 saturated carbocycles. The van der Waals surface area contributed by atoms with Gasteiger partial charge in [0, 0.05) is 35.1 Å². The number of allylic oxidation sites excluding steroid dienone is 2. The molecule has 1 N–H and O–H groups in total. The van der Waals surface area contributed by atoms with Gasteiger partial charge in [0.05, 0.1) is 14.2 Å². The van der Waals surface area contributed by atoms with Gasteiger partial charge in [-0.15, -0.1) is 0 Å². The van der Waals surface area contributed by atoms with Crippen LogP contribution in [0.25, 0.3) is 0 Å². The van der Waals surface area contributed by atoms with Crippen molar-refractivity contribution in [3.8, 4) is 11.5 Å². The van der Waals surface area contributed by atoms with Gasteiger partial charge in [-0.2, -0.15) is 5.10 Å². The zero-order chi connectivity index (χ0) is 25.7. The fourth-order valence-electron chi connectivity index (χ4n) is 4.77. The molecule has 1 aliphatic rings. The molecule has 7 heteroatoms. The van der Waals surface area contributed by atoms with E-state index in [-0.39, 0.29) is 11.7 Å². The number of likely N-dealkylation sites (N-methyl/N-ethyl adjacent to an activating group) is 1. The quantitative estimate of drug-likeness (QED) is 0.338. The van der Waals surface area contributed by atoms with E-state index < -0.39 is 11.2 Å². The first kappa shape index (κ1) is 25.0. The molecular formula is C29H30FN3O3. The van der Waals surface area contributed by atoms with Gasteiger partial charge in [0.15, 0.2) is 11.6 Å². The number of fused-ring (bicyclic) bond motifs is 1. The number of amides is 1. The molecule has 1 amide bonds. The standard InChI is InChI=1S/C29H30FN3O3/c1-5-33-25-14-12-22(35-3)18-23(25)29(2,19-20-11-13-24(30)26(17-20)36-4)27(33)15-16-31-32-28(34)21-9-7-6-8-10-21/h6-18H,5,19H2,1-4H3,(H,32,34)/b27-15-,31-16+. The highest BCUT2D eigenvalue weighted by atomic mass is 19.1. The number of methoxy groups -OCH3 is 2. The third-order valence-electron chi connectivity index (χ3n) is 6.54. The third-order valence-corrected chi connectivity index (χ3v) is 6.54. The summed E-state index contributed by atoms with van der Waals surface area (Å²) in [5, 5.41) is 4.17. The van der Waals surface area contributed by atoms with Crippen LogP contribution in [0.15, 0.2) is 83.6 Å². The summed E-state index contributed by atoms with van der Waals surface area (Å²) in [5.74, 6) is 0.297. The summed E-state index contributed by atoms with van der Waals surface area (Å²) in [7, 11) is 3.11. The molecule has 0 bridgehead atoms. The molecule has 6 nitrogen and oxygen atoms in total. The van der Waals surface area contributed by atoms with Crippen molar-refractivity contribution in [3.63, 3.8) is 0 Å². The smallest absolute Gasteiger partial charge is 0.271 e. The monoisotopic (exact) mass is 487 g/mol. The molecule has 0 radical (unpaired) electrons. The van der Waals surface area contributed by atoms with E-state index in [1.54, 1.807) is 49.7 Å². The SMILES string of the molecule is CCN1/C(=C\C=N\NC(=O)c2ccccc2)C(C)(Cc2ccc(F)c(OC)c2)c2cc(OC)ccc21. The zero-order valence-electron chi connectivity index (χ0n) is 20.9. The van der Waals surface area contributed by atoms with E-state index >= 15 is 0 Å². The number of anilines is 1. The number of ether oxygens (including phenoxy) is 2. The fraction of sp³-hybridized carbons (Fsp3) is 0.241. The van der Waals surface area contributed by atoms with Gasteiger partial charge in [0.2, 0.25) is 0 Å². The van der Waals surface area contributed by atoms with Crippen molar-refractivity contribution in [2.45, 2.75) is 25.7 Å².